The van der Waals surface area contributed by atoms with E-state index < -0.39 is 0 Å². The predicted molar refractivity (Wildman–Crippen MR) is 65.4 cm³/mol. The number of rotatable bonds is 1. The molecule has 2 saturated carbocycles. The average Bonchev–Trinajstić information content (AvgIpc) is 3.11. The van der Waals surface area contributed by atoms with Crippen LogP contribution in [0.5, 0.6) is 0 Å². The third-order valence-electron chi connectivity index (χ3n) is 4.89. The Morgan fingerprint density at radius 1 is 1.31 bits per heavy atom. The summed E-state index contributed by atoms with van der Waals surface area (Å²) in [6.07, 6.45) is 4.41. The second kappa shape index (κ2) is 2.62. The van der Waals surface area contributed by atoms with E-state index in [0.717, 1.165) is 17.9 Å². The summed E-state index contributed by atoms with van der Waals surface area (Å²) in [5, 5.41) is 0. The van der Waals surface area contributed by atoms with Gasteiger partial charge in [0.1, 0.15) is 0 Å². The van der Waals surface area contributed by atoms with Crippen LogP contribution in [0.3, 0.4) is 0 Å². The third-order valence-corrected chi connectivity index (χ3v) is 4.89. The van der Waals surface area contributed by atoms with Crippen LogP contribution in [0.25, 0.3) is 0 Å². The van der Waals surface area contributed by atoms with Gasteiger partial charge in [-0.3, -0.25) is 0 Å². The molecule has 1 aliphatic heterocycles. The minimum absolute atomic E-state index is 0.767. The summed E-state index contributed by atoms with van der Waals surface area (Å²) < 4.78 is 0. The second-order valence-electron chi connectivity index (χ2n) is 5.86. The standard InChI is InChI=1S/C14H18N2/c1-8-5-12-10(7-15-16-12)9(2)13(8)11-6-14(11)3-4-14/h5,11,15-16H,3-4,6-7H2,1-2H3. The highest BCUT2D eigenvalue weighted by molar-refractivity contribution is 5.63. The molecule has 2 aliphatic carbocycles. The van der Waals surface area contributed by atoms with Gasteiger partial charge < -0.3 is 5.43 Å². The van der Waals surface area contributed by atoms with Gasteiger partial charge in [0.15, 0.2) is 0 Å². The maximum absolute atomic E-state index is 3.25. The summed E-state index contributed by atoms with van der Waals surface area (Å²) in [6, 6.07) is 2.33. The lowest BCUT2D eigenvalue weighted by Crippen LogP contribution is -2.10. The summed E-state index contributed by atoms with van der Waals surface area (Å²) >= 11 is 0. The fourth-order valence-electron chi connectivity index (χ4n) is 3.61. The van der Waals surface area contributed by atoms with Crippen molar-refractivity contribution < 1.29 is 0 Å². The van der Waals surface area contributed by atoms with Crippen molar-refractivity contribution in [2.24, 2.45) is 5.41 Å². The number of fused-ring (bicyclic) bond motifs is 1. The van der Waals surface area contributed by atoms with E-state index in [9.17, 15) is 0 Å². The van der Waals surface area contributed by atoms with Crippen LogP contribution in [0.15, 0.2) is 6.07 Å². The number of anilines is 1. The summed E-state index contributed by atoms with van der Waals surface area (Å²) in [6.45, 7) is 5.56. The molecule has 2 fully saturated rings. The van der Waals surface area contributed by atoms with Crippen molar-refractivity contribution in [1.29, 1.82) is 0 Å². The molecule has 0 amide bonds. The zero-order valence-electron chi connectivity index (χ0n) is 9.98. The van der Waals surface area contributed by atoms with E-state index in [1.165, 1.54) is 36.1 Å². The third kappa shape index (κ3) is 1.01. The Bertz CT molecular complexity index is 486. The molecule has 1 atom stereocenters. The molecule has 1 aromatic rings. The van der Waals surface area contributed by atoms with Crippen molar-refractivity contribution in [3.05, 3.63) is 28.3 Å². The molecule has 2 nitrogen and oxygen atoms in total. The molecule has 0 radical (unpaired) electrons. The SMILES string of the molecule is Cc1cc2c(c(C)c1C1CC13CC3)CNN2. The topological polar surface area (TPSA) is 24.1 Å². The van der Waals surface area contributed by atoms with Crippen molar-refractivity contribution in [3.8, 4) is 0 Å². The van der Waals surface area contributed by atoms with Gasteiger partial charge in [-0.05, 0) is 72.8 Å². The Morgan fingerprint density at radius 2 is 2.12 bits per heavy atom. The number of benzene rings is 1. The molecule has 0 saturated heterocycles. The fraction of sp³-hybridized carbons (Fsp3) is 0.571. The van der Waals surface area contributed by atoms with Gasteiger partial charge in [0.25, 0.3) is 0 Å². The Morgan fingerprint density at radius 3 is 2.81 bits per heavy atom. The van der Waals surface area contributed by atoms with Crippen LogP contribution in [-0.2, 0) is 6.54 Å². The number of hydrogen-bond donors (Lipinski definition) is 2. The van der Waals surface area contributed by atoms with Gasteiger partial charge in [-0.1, -0.05) is 0 Å². The highest BCUT2D eigenvalue weighted by Gasteiger charge is 2.63. The molecule has 2 heteroatoms. The van der Waals surface area contributed by atoms with E-state index in [4.69, 9.17) is 0 Å². The summed E-state index contributed by atoms with van der Waals surface area (Å²) in [5.74, 6) is 0.887. The normalized spacial score (nSPS) is 27.8. The molecular weight excluding hydrogens is 196 g/mol. The van der Waals surface area contributed by atoms with Crippen molar-refractivity contribution in [3.63, 3.8) is 0 Å². The minimum atomic E-state index is 0.767. The van der Waals surface area contributed by atoms with Crippen LogP contribution < -0.4 is 10.9 Å². The Balaban J connectivity index is 1.86. The second-order valence-corrected chi connectivity index (χ2v) is 5.86. The van der Waals surface area contributed by atoms with E-state index in [2.05, 4.69) is 30.8 Å². The first-order chi connectivity index (χ1) is 7.71. The van der Waals surface area contributed by atoms with E-state index in [-0.39, 0.29) is 0 Å². The van der Waals surface area contributed by atoms with Gasteiger partial charge in [-0.2, -0.15) is 0 Å². The minimum Gasteiger partial charge on any atom is -0.321 e. The van der Waals surface area contributed by atoms with E-state index in [1.54, 1.807) is 11.1 Å². The molecule has 1 heterocycles. The summed E-state index contributed by atoms with van der Waals surface area (Å²) in [5.41, 5.74) is 14.7. The highest BCUT2D eigenvalue weighted by Crippen LogP contribution is 2.75. The first-order valence-corrected chi connectivity index (χ1v) is 6.33. The predicted octanol–water partition coefficient (Wildman–Crippen LogP) is 3.00. The number of nitrogens with one attached hydrogen (secondary N) is 2. The lowest BCUT2D eigenvalue weighted by molar-refractivity contribution is 0.823. The zero-order chi connectivity index (χ0) is 10.9. The van der Waals surface area contributed by atoms with E-state index >= 15 is 0 Å². The van der Waals surface area contributed by atoms with Gasteiger partial charge in [0.2, 0.25) is 0 Å². The molecule has 84 valence electrons. The molecule has 1 spiro atoms. The largest absolute Gasteiger partial charge is 0.321 e. The lowest BCUT2D eigenvalue weighted by Gasteiger charge is -2.13. The van der Waals surface area contributed by atoms with E-state index in [1.807, 2.05) is 0 Å². The first kappa shape index (κ1) is 9.06. The first-order valence-electron chi connectivity index (χ1n) is 6.33. The van der Waals surface area contributed by atoms with Crippen LogP contribution in [0.4, 0.5) is 5.69 Å². The zero-order valence-corrected chi connectivity index (χ0v) is 9.98. The molecule has 2 N–H and O–H groups in total. The van der Waals surface area contributed by atoms with Crippen LogP contribution in [0, 0.1) is 19.3 Å². The van der Waals surface area contributed by atoms with Gasteiger partial charge in [0, 0.05) is 6.54 Å². The van der Waals surface area contributed by atoms with Crippen molar-refractivity contribution in [1.82, 2.24) is 5.43 Å². The quantitative estimate of drug-likeness (QED) is 0.751. The molecule has 1 aromatic carbocycles. The van der Waals surface area contributed by atoms with Crippen LogP contribution in [-0.4, -0.2) is 0 Å². The van der Waals surface area contributed by atoms with Gasteiger partial charge in [-0.25, -0.2) is 5.43 Å². The molecule has 16 heavy (non-hydrogen) atoms. The molecule has 1 unspecified atom stereocenters. The number of hydrazine groups is 1. The summed E-state index contributed by atoms with van der Waals surface area (Å²) in [4.78, 5) is 0. The number of hydrogen-bond acceptors (Lipinski definition) is 2. The Labute approximate surface area is 96.4 Å². The van der Waals surface area contributed by atoms with Crippen LogP contribution in [0.2, 0.25) is 0 Å². The summed E-state index contributed by atoms with van der Waals surface area (Å²) in [7, 11) is 0. The maximum atomic E-state index is 3.25. The van der Waals surface area contributed by atoms with Gasteiger partial charge in [-0.15, -0.1) is 0 Å². The number of aryl methyl sites for hydroxylation is 1. The average molecular weight is 214 g/mol. The van der Waals surface area contributed by atoms with Crippen molar-refractivity contribution >= 4 is 5.69 Å². The fourth-order valence-corrected chi connectivity index (χ4v) is 3.61. The van der Waals surface area contributed by atoms with Crippen molar-refractivity contribution in [2.45, 2.75) is 45.6 Å². The molecule has 4 rings (SSSR count). The van der Waals surface area contributed by atoms with Gasteiger partial charge in [0.05, 0.1) is 5.69 Å². The molecule has 0 aromatic heterocycles. The highest BCUT2D eigenvalue weighted by atomic mass is 15.4. The van der Waals surface area contributed by atoms with Gasteiger partial charge >= 0.3 is 0 Å². The monoisotopic (exact) mass is 214 g/mol. The van der Waals surface area contributed by atoms with E-state index in [0.29, 0.717) is 0 Å². The molecule has 0 bridgehead atoms. The lowest BCUT2D eigenvalue weighted by atomic mass is 9.92. The molecule has 3 aliphatic rings. The van der Waals surface area contributed by atoms with Crippen LogP contribution in [0.1, 0.15) is 47.4 Å². The smallest absolute Gasteiger partial charge is 0.0538 e. The maximum Gasteiger partial charge on any atom is 0.0538 e. The van der Waals surface area contributed by atoms with Crippen molar-refractivity contribution in [2.75, 3.05) is 5.43 Å². The Kier molecular flexibility index (Phi) is 1.48. The molecular formula is C14H18N2. The Hall–Kier alpha value is -1.02. The van der Waals surface area contributed by atoms with Crippen LogP contribution >= 0.6 is 0 Å².